The highest BCUT2D eigenvalue weighted by molar-refractivity contribution is 6.00. The molecule has 1 aliphatic carbocycles. The molecule has 0 unspecified atom stereocenters. The summed E-state index contributed by atoms with van der Waals surface area (Å²) in [5, 5.41) is 0. The Hall–Kier alpha value is -1.64. The van der Waals surface area contributed by atoms with Crippen molar-refractivity contribution in [2.75, 3.05) is 0 Å². The second-order valence-corrected chi connectivity index (χ2v) is 4.12. The van der Waals surface area contributed by atoms with E-state index in [2.05, 4.69) is 9.38 Å². The molecule has 0 atom stereocenters. The molecule has 0 amide bonds. The quantitative estimate of drug-likeness (QED) is 0.698. The third-order valence-corrected chi connectivity index (χ3v) is 2.92. The Kier molecular flexibility index (Phi) is 1.69. The topological polar surface area (TPSA) is 34.4 Å². The lowest BCUT2D eigenvalue weighted by Crippen LogP contribution is -1.98. The maximum absolute atomic E-state index is 11.4. The number of carbonyl (C=O) groups excluding carboxylic acids is 1. The fourth-order valence-electron chi connectivity index (χ4n) is 1.98. The molecule has 2 heterocycles. The fraction of sp³-hybridized carbons (Fsp3) is 0.333. The standard InChI is InChI=1S/C12H12N2O/c1-8(15)10-3-2-6-14-11(10)7-13-12(14)9-4-5-9/h2-3,6-7,9H,4-5H2,1H3. The minimum Gasteiger partial charge on any atom is -0.303 e. The number of carbonyl (C=O) groups is 1. The average Bonchev–Trinajstić information content (AvgIpc) is 2.97. The Morgan fingerprint density at radius 3 is 3.00 bits per heavy atom. The maximum atomic E-state index is 11.4. The average molecular weight is 200 g/mol. The highest BCUT2D eigenvalue weighted by Crippen LogP contribution is 2.39. The van der Waals surface area contributed by atoms with E-state index in [4.69, 9.17) is 0 Å². The zero-order valence-corrected chi connectivity index (χ0v) is 8.60. The van der Waals surface area contributed by atoms with Gasteiger partial charge in [-0.2, -0.15) is 0 Å². The Bertz CT molecular complexity index is 538. The van der Waals surface area contributed by atoms with Gasteiger partial charge in [0.15, 0.2) is 5.78 Å². The van der Waals surface area contributed by atoms with Gasteiger partial charge < -0.3 is 4.40 Å². The van der Waals surface area contributed by atoms with Crippen molar-refractivity contribution < 1.29 is 4.79 Å². The van der Waals surface area contributed by atoms with Gasteiger partial charge in [0.1, 0.15) is 5.82 Å². The van der Waals surface area contributed by atoms with E-state index in [-0.39, 0.29) is 5.78 Å². The molecule has 0 N–H and O–H groups in total. The number of imidazole rings is 1. The van der Waals surface area contributed by atoms with Gasteiger partial charge in [0, 0.05) is 17.7 Å². The van der Waals surface area contributed by atoms with Gasteiger partial charge >= 0.3 is 0 Å². The van der Waals surface area contributed by atoms with Crippen molar-refractivity contribution in [3.05, 3.63) is 35.9 Å². The van der Waals surface area contributed by atoms with E-state index in [9.17, 15) is 4.79 Å². The number of aromatic nitrogens is 2. The van der Waals surface area contributed by atoms with Crippen LogP contribution in [0.2, 0.25) is 0 Å². The lowest BCUT2D eigenvalue weighted by Gasteiger charge is -2.01. The number of hydrogen-bond donors (Lipinski definition) is 0. The molecule has 0 bridgehead atoms. The largest absolute Gasteiger partial charge is 0.303 e. The van der Waals surface area contributed by atoms with Crippen molar-refractivity contribution in [1.82, 2.24) is 9.38 Å². The molecule has 1 saturated carbocycles. The van der Waals surface area contributed by atoms with Gasteiger partial charge in [-0.05, 0) is 31.9 Å². The van der Waals surface area contributed by atoms with Gasteiger partial charge in [0.2, 0.25) is 0 Å². The highest BCUT2D eigenvalue weighted by atomic mass is 16.1. The normalized spacial score (nSPS) is 15.8. The number of fused-ring (bicyclic) bond motifs is 1. The van der Waals surface area contributed by atoms with E-state index in [1.54, 1.807) is 6.92 Å². The minimum atomic E-state index is 0.0999. The van der Waals surface area contributed by atoms with Crippen LogP contribution in [0.1, 0.15) is 41.9 Å². The lowest BCUT2D eigenvalue weighted by atomic mass is 10.2. The summed E-state index contributed by atoms with van der Waals surface area (Å²) in [6.45, 7) is 1.60. The van der Waals surface area contributed by atoms with Crippen LogP contribution in [0.5, 0.6) is 0 Å². The van der Waals surface area contributed by atoms with Crippen molar-refractivity contribution in [2.24, 2.45) is 0 Å². The molecule has 15 heavy (non-hydrogen) atoms. The van der Waals surface area contributed by atoms with Crippen molar-refractivity contribution in [2.45, 2.75) is 25.7 Å². The van der Waals surface area contributed by atoms with E-state index < -0.39 is 0 Å². The smallest absolute Gasteiger partial charge is 0.161 e. The molecule has 1 fully saturated rings. The number of pyridine rings is 1. The molecular weight excluding hydrogens is 188 g/mol. The SMILES string of the molecule is CC(=O)c1cccn2c(C3CC3)ncc12. The van der Waals surface area contributed by atoms with Crippen LogP contribution in [0.4, 0.5) is 0 Å². The fourth-order valence-corrected chi connectivity index (χ4v) is 1.98. The molecule has 0 aliphatic heterocycles. The van der Waals surface area contributed by atoms with Crippen LogP contribution in [0, 0.1) is 0 Å². The van der Waals surface area contributed by atoms with E-state index in [0.29, 0.717) is 5.92 Å². The third kappa shape index (κ3) is 1.27. The van der Waals surface area contributed by atoms with Crippen LogP contribution in [-0.4, -0.2) is 15.2 Å². The molecule has 3 rings (SSSR count). The van der Waals surface area contributed by atoms with Gasteiger partial charge in [-0.1, -0.05) is 0 Å². The van der Waals surface area contributed by atoms with E-state index in [1.165, 1.54) is 12.8 Å². The van der Waals surface area contributed by atoms with Crippen LogP contribution in [0.3, 0.4) is 0 Å². The van der Waals surface area contributed by atoms with Gasteiger partial charge in [-0.3, -0.25) is 4.79 Å². The van der Waals surface area contributed by atoms with E-state index in [1.807, 2.05) is 24.5 Å². The molecule has 2 aromatic rings. The summed E-state index contributed by atoms with van der Waals surface area (Å²) in [6, 6.07) is 3.77. The summed E-state index contributed by atoms with van der Waals surface area (Å²) in [7, 11) is 0. The summed E-state index contributed by atoms with van der Waals surface area (Å²) in [6.07, 6.45) is 6.25. The zero-order chi connectivity index (χ0) is 10.4. The number of rotatable bonds is 2. The predicted molar refractivity (Wildman–Crippen MR) is 57.2 cm³/mol. The monoisotopic (exact) mass is 200 g/mol. The third-order valence-electron chi connectivity index (χ3n) is 2.92. The Balaban J connectivity index is 2.27. The Morgan fingerprint density at radius 1 is 1.53 bits per heavy atom. The summed E-state index contributed by atoms with van der Waals surface area (Å²) in [4.78, 5) is 15.8. The summed E-state index contributed by atoms with van der Waals surface area (Å²) < 4.78 is 2.05. The number of hydrogen-bond acceptors (Lipinski definition) is 2. The predicted octanol–water partition coefficient (Wildman–Crippen LogP) is 2.41. The van der Waals surface area contributed by atoms with E-state index in [0.717, 1.165) is 16.9 Å². The van der Waals surface area contributed by atoms with Crippen molar-refractivity contribution in [3.8, 4) is 0 Å². The first-order chi connectivity index (χ1) is 7.27. The van der Waals surface area contributed by atoms with Crippen LogP contribution in [0.25, 0.3) is 5.52 Å². The first kappa shape index (κ1) is 8.65. The molecule has 2 aromatic heterocycles. The molecule has 1 aliphatic rings. The first-order valence-corrected chi connectivity index (χ1v) is 5.24. The van der Waals surface area contributed by atoms with Crippen molar-refractivity contribution >= 4 is 11.3 Å². The van der Waals surface area contributed by atoms with Gasteiger partial charge in [-0.25, -0.2) is 4.98 Å². The molecule has 0 spiro atoms. The van der Waals surface area contributed by atoms with Crippen LogP contribution < -0.4 is 0 Å². The number of ketones is 1. The highest BCUT2D eigenvalue weighted by Gasteiger charge is 2.28. The van der Waals surface area contributed by atoms with Gasteiger partial charge in [0.25, 0.3) is 0 Å². The molecule has 76 valence electrons. The van der Waals surface area contributed by atoms with Crippen LogP contribution in [-0.2, 0) is 0 Å². The Morgan fingerprint density at radius 2 is 2.33 bits per heavy atom. The molecule has 0 radical (unpaired) electrons. The Labute approximate surface area is 87.7 Å². The van der Waals surface area contributed by atoms with Crippen molar-refractivity contribution in [3.63, 3.8) is 0 Å². The minimum absolute atomic E-state index is 0.0999. The lowest BCUT2D eigenvalue weighted by molar-refractivity contribution is 0.101. The van der Waals surface area contributed by atoms with Crippen molar-refractivity contribution in [1.29, 1.82) is 0 Å². The molecular formula is C12H12N2O. The zero-order valence-electron chi connectivity index (χ0n) is 8.60. The van der Waals surface area contributed by atoms with Crippen LogP contribution in [0.15, 0.2) is 24.5 Å². The second-order valence-electron chi connectivity index (χ2n) is 4.12. The van der Waals surface area contributed by atoms with Crippen LogP contribution >= 0.6 is 0 Å². The molecule has 3 nitrogen and oxygen atoms in total. The first-order valence-electron chi connectivity index (χ1n) is 5.24. The molecule has 0 aromatic carbocycles. The molecule has 0 saturated heterocycles. The number of Topliss-reactive ketones (excluding diaryl/α,β-unsaturated/α-hetero) is 1. The maximum Gasteiger partial charge on any atom is 0.161 e. The summed E-state index contributed by atoms with van der Waals surface area (Å²) >= 11 is 0. The number of nitrogens with zero attached hydrogens (tertiary/aromatic N) is 2. The molecule has 3 heteroatoms. The summed E-state index contributed by atoms with van der Waals surface area (Å²) in [5.41, 5.74) is 1.70. The second kappa shape index (κ2) is 2.92. The summed E-state index contributed by atoms with van der Waals surface area (Å²) in [5.74, 6) is 1.81. The van der Waals surface area contributed by atoms with Gasteiger partial charge in [-0.15, -0.1) is 0 Å². The van der Waals surface area contributed by atoms with E-state index >= 15 is 0 Å². The van der Waals surface area contributed by atoms with Gasteiger partial charge in [0.05, 0.1) is 11.7 Å².